The normalized spacial score (nSPS) is 10.5. The first-order valence-corrected chi connectivity index (χ1v) is 7.47. The fourth-order valence-electron chi connectivity index (χ4n) is 2.38. The minimum Gasteiger partial charge on any atom is -0.497 e. The zero-order chi connectivity index (χ0) is 17.1. The van der Waals surface area contributed by atoms with Crippen molar-refractivity contribution in [2.45, 2.75) is 6.92 Å². The van der Waals surface area contributed by atoms with Crippen LogP contribution in [0.15, 0.2) is 55.1 Å². The van der Waals surface area contributed by atoms with Crippen LogP contribution < -0.4 is 9.64 Å². The molecule has 3 rings (SSSR count). The number of aryl methyl sites for hydroxylation is 2. The van der Waals surface area contributed by atoms with E-state index < -0.39 is 0 Å². The fraction of sp³-hybridized carbons (Fsp3) is 0.167. The van der Waals surface area contributed by atoms with Crippen molar-refractivity contribution in [3.63, 3.8) is 0 Å². The SMILES string of the molecule is COc1ccc(N(C(=O)c2ccn(C)c2)c2cnc(C)nc2)cc1. The molecule has 2 aromatic heterocycles. The monoisotopic (exact) mass is 322 g/mol. The molecule has 0 unspecified atom stereocenters. The molecular formula is C18H18N4O2. The first kappa shape index (κ1) is 15.7. The van der Waals surface area contributed by atoms with E-state index in [9.17, 15) is 4.79 Å². The molecule has 6 heteroatoms. The highest BCUT2D eigenvalue weighted by Gasteiger charge is 2.21. The molecular weight excluding hydrogens is 304 g/mol. The van der Waals surface area contributed by atoms with Crippen LogP contribution in [0.3, 0.4) is 0 Å². The van der Waals surface area contributed by atoms with E-state index in [1.54, 1.807) is 43.6 Å². The molecule has 0 radical (unpaired) electrons. The highest BCUT2D eigenvalue weighted by Crippen LogP contribution is 2.28. The van der Waals surface area contributed by atoms with E-state index in [-0.39, 0.29) is 5.91 Å². The van der Waals surface area contributed by atoms with Gasteiger partial charge in [-0.25, -0.2) is 9.97 Å². The Kier molecular flexibility index (Phi) is 4.29. The highest BCUT2D eigenvalue weighted by molar-refractivity contribution is 6.10. The summed E-state index contributed by atoms with van der Waals surface area (Å²) in [6.07, 6.45) is 6.92. The van der Waals surface area contributed by atoms with Gasteiger partial charge in [0.25, 0.3) is 5.91 Å². The number of rotatable bonds is 4. The number of benzene rings is 1. The van der Waals surface area contributed by atoms with Crippen molar-refractivity contribution in [2.24, 2.45) is 7.05 Å². The highest BCUT2D eigenvalue weighted by atomic mass is 16.5. The van der Waals surface area contributed by atoms with E-state index in [1.165, 1.54) is 0 Å². The van der Waals surface area contributed by atoms with Crippen LogP contribution in [0.5, 0.6) is 5.75 Å². The van der Waals surface area contributed by atoms with Crippen molar-refractivity contribution in [3.8, 4) is 5.75 Å². The Hall–Kier alpha value is -3.15. The average Bonchev–Trinajstić information content (AvgIpc) is 3.04. The number of hydrogen-bond acceptors (Lipinski definition) is 4. The first-order chi connectivity index (χ1) is 11.6. The zero-order valence-corrected chi connectivity index (χ0v) is 13.8. The number of amides is 1. The van der Waals surface area contributed by atoms with Gasteiger partial charge in [-0.1, -0.05) is 0 Å². The molecule has 24 heavy (non-hydrogen) atoms. The summed E-state index contributed by atoms with van der Waals surface area (Å²) in [5.41, 5.74) is 1.92. The van der Waals surface area contributed by atoms with Gasteiger partial charge in [0.1, 0.15) is 11.6 Å². The largest absolute Gasteiger partial charge is 0.497 e. The van der Waals surface area contributed by atoms with Gasteiger partial charge in [0.15, 0.2) is 0 Å². The fourth-order valence-corrected chi connectivity index (χ4v) is 2.38. The summed E-state index contributed by atoms with van der Waals surface area (Å²) in [7, 11) is 3.49. The number of carbonyl (C=O) groups is 1. The topological polar surface area (TPSA) is 60.2 Å². The number of methoxy groups -OCH3 is 1. The number of carbonyl (C=O) groups excluding carboxylic acids is 1. The maximum absolute atomic E-state index is 13.0. The molecule has 0 bridgehead atoms. The third-order valence-corrected chi connectivity index (χ3v) is 3.64. The van der Waals surface area contributed by atoms with Gasteiger partial charge in [-0.05, 0) is 37.3 Å². The van der Waals surface area contributed by atoms with Crippen molar-refractivity contribution in [1.82, 2.24) is 14.5 Å². The first-order valence-electron chi connectivity index (χ1n) is 7.47. The van der Waals surface area contributed by atoms with Crippen LogP contribution >= 0.6 is 0 Å². The molecule has 3 aromatic rings. The second-order valence-corrected chi connectivity index (χ2v) is 5.39. The second-order valence-electron chi connectivity index (χ2n) is 5.39. The second kappa shape index (κ2) is 6.54. The molecule has 0 aliphatic rings. The number of anilines is 2. The molecule has 6 nitrogen and oxygen atoms in total. The Labute approximate surface area is 140 Å². The van der Waals surface area contributed by atoms with Crippen LogP contribution in [0, 0.1) is 6.92 Å². The lowest BCUT2D eigenvalue weighted by molar-refractivity contribution is 0.0999. The van der Waals surface area contributed by atoms with Crippen molar-refractivity contribution in [2.75, 3.05) is 12.0 Å². The minimum absolute atomic E-state index is 0.145. The Balaban J connectivity index is 2.05. The summed E-state index contributed by atoms with van der Waals surface area (Å²) in [5, 5.41) is 0. The van der Waals surface area contributed by atoms with Gasteiger partial charge in [0.2, 0.25) is 0 Å². The van der Waals surface area contributed by atoms with E-state index in [1.807, 2.05) is 42.1 Å². The lowest BCUT2D eigenvalue weighted by atomic mass is 10.2. The van der Waals surface area contributed by atoms with Gasteiger partial charge in [-0.15, -0.1) is 0 Å². The molecule has 0 aliphatic heterocycles. The smallest absolute Gasteiger partial charge is 0.264 e. The Morgan fingerprint density at radius 1 is 1.08 bits per heavy atom. The van der Waals surface area contributed by atoms with Crippen LogP contribution in [0.4, 0.5) is 11.4 Å². The van der Waals surface area contributed by atoms with Gasteiger partial charge in [0.05, 0.1) is 30.8 Å². The summed E-state index contributed by atoms with van der Waals surface area (Å²) in [6, 6.07) is 9.08. The van der Waals surface area contributed by atoms with Crippen molar-refractivity contribution >= 4 is 17.3 Å². The van der Waals surface area contributed by atoms with Crippen molar-refractivity contribution < 1.29 is 9.53 Å². The number of ether oxygens (including phenoxy) is 1. The Morgan fingerprint density at radius 3 is 2.29 bits per heavy atom. The Bertz CT molecular complexity index is 838. The van der Waals surface area contributed by atoms with Crippen molar-refractivity contribution in [3.05, 3.63) is 66.5 Å². The predicted octanol–water partition coefficient (Wildman–Crippen LogP) is 3.11. The quantitative estimate of drug-likeness (QED) is 0.740. The standard InChI is InChI=1S/C18H18N4O2/c1-13-19-10-16(11-20-13)22(15-4-6-17(24-3)7-5-15)18(23)14-8-9-21(2)12-14/h4-12H,1-3H3. The maximum Gasteiger partial charge on any atom is 0.264 e. The number of aromatic nitrogens is 3. The zero-order valence-electron chi connectivity index (χ0n) is 13.8. The summed E-state index contributed by atoms with van der Waals surface area (Å²) in [6.45, 7) is 1.81. The molecule has 0 saturated carbocycles. The van der Waals surface area contributed by atoms with Crippen LogP contribution in [-0.4, -0.2) is 27.6 Å². The van der Waals surface area contributed by atoms with Gasteiger partial charge in [-0.2, -0.15) is 0 Å². The molecule has 1 aromatic carbocycles. The van der Waals surface area contributed by atoms with E-state index in [0.29, 0.717) is 17.1 Å². The number of hydrogen-bond donors (Lipinski definition) is 0. The molecule has 0 atom stereocenters. The molecule has 0 aliphatic carbocycles. The molecule has 122 valence electrons. The third-order valence-electron chi connectivity index (χ3n) is 3.64. The molecule has 1 amide bonds. The molecule has 0 saturated heterocycles. The van der Waals surface area contributed by atoms with E-state index in [4.69, 9.17) is 4.74 Å². The molecule has 0 spiro atoms. The molecule has 0 N–H and O–H groups in total. The van der Waals surface area contributed by atoms with E-state index >= 15 is 0 Å². The van der Waals surface area contributed by atoms with Crippen molar-refractivity contribution in [1.29, 1.82) is 0 Å². The van der Waals surface area contributed by atoms with Gasteiger partial charge in [0, 0.05) is 25.1 Å². The summed E-state index contributed by atoms with van der Waals surface area (Å²) in [4.78, 5) is 23.0. The predicted molar refractivity (Wildman–Crippen MR) is 91.6 cm³/mol. The van der Waals surface area contributed by atoms with Crippen LogP contribution in [0.25, 0.3) is 0 Å². The van der Waals surface area contributed by atoms with Gasteiger partial charge in [-0.3, -0.25) is 9.69 Å². The van der Waals surface area contributed by atoms with Gasteiger partial charge >= 0.3 is 0 Å². The minimum atomic E-state index is -0.145. The Morgan fingerprint density at radius 2 is 1.75 bits per heavy atom. The van der Waals surface area contributed by atoms with E-state index in [0.717, 1.165) is 11.4 Å². The third kappa shape index (κ3) is 3.12. The summed E-state index contributed by atoms with van der Waals surface area (Å²) >= 11 is 0. The lowest BCUT2D eigenvalue weighted by Gasteiger charge is -2.22. The molecule has 0 fully saturated rings. The number of nitrogens with zero attached hydrogens (tertiary/aromatic N) is 4. The molecule has 2 heterocycles. The lowest BCUT2D eigenvalue weighted by Crippen LogP contribution is -2.26. The summed E-state index contributed by atoms with van der Waals surface area (Å²) in [5.74, 6) is 1.24. The summed E-state index contributed by atoms with van der Waals surface area (Å²) < 4.78 is 7.03. The van der Waals surface area contributed by atoms with E-state index in [2.05, 4.69) is 9.97 Å². The van der Waals surface area contributed by atoms with Gasteiger partial charge < -0.3 is 9.30 Å². The maximum atomic E-state index is 13.0. The average molecular weight is 322 g/mol. The van der Waals surface area contributed by atoms with Crippen LogP contribution in [0.2, 0.25) is 0 Å². The van der Waals surface area contributed by atoms with Crippen LogP contribution in [0.1, 0.15) is 16.2 Å². The van der Waals surface area contributed by atoms with Crippen LogP contribution in [-0.2, 0) is 7.05 Å².